The molecule has 0 unspecified atom stereocenters. The van der Waals surface area contributed by atoms with Gasteiger partial charge in [-0.25, -0.2) is 0 Å². The number of hydrogen-bond acceptors (Lipinski definition) is 7. The lowest BCUT2D eigenvalue weighted by Crippen LogP contribution is -2.04. The summed E-state index contributed by atoms with van der Waals surface area (Å²) in [6.45, 7) is 0. The molecule has 0 amide bonds. The van der Waals surface area contributed by atoms with Crippen molar-refractivity contribution in [2.75, 3.05) is 12.0 Å². The zero-order valence-corrected chi connectivity index (χ0v) is 12.8. The quantitative estimate of drug-likeness (QED) is 0.528. The highest BCUT2D eigenvalue weighted by molar-refractivity contribution is 14.1. The molecule has 0 radical (unpaired) electrons. The summed E-state index contributed by atoms with van der Waals surface area (Å²) in [5, 5.41) is 4.84. The van der Waals surface area contributed by atoms with Crippen molar-refractivity contribution >= 4 is 46.1 Å². The largest absolute Gasteiger partial charge is 0.368 e. The molecule has 96 valence electrons. The van der Waals surface area contributed by atoms with Crippen molar-refractivity contribution in [2.24, 2.45) is 0 Å². The predicted octanol–water partition coefficient (Wildman–Crippen LogP) is 1.49. The minimum atomic E-state index is 0.263. The Morgan fingerprint density at radius 2 is 2.11 bits per heavy atom. The maximum atomic E-state index is 5.82. The predicted molar refractivity (Wildman–Crippen MR) is 80.7 cm³/mol. The molecule has 3 heterocycles. The molecule has 0 fully saturated rings. The second kappa shape index (κ2) is 4.89. The fourth-order valence-corrected chi connectivity index (χ4v) is 2.17. The standard InChI is InChI=1S/C10H8IN7S/c1-19-10-15-8(12)18-9(16-10)14-7(17-18)6-3-2-5(11)4-13-6/h2-4H,1H3,(H2,12,14,15,16,17). The first-order valence-electron chi connectivity index (χ1n) is 5.23. The lowest BCUT2D eigenvalue weighted by molar-refractivity contribution is 0.850. The molecule has 0 aromatic carbocycles. The van der Waals surface area contributed by atoms with Crippen LogP contribution in [-0.4, -0.2) is 35.8 Å². The maximum absolute atomic E-state index is 5.82. The van der Waals surface area contributed by atoms with Crippen molar-refractivity contribution in [3.63, 3.8) is 0 Å². The molecule has 3 aromatic rings. The number of nitrogens with two attached hydrogens (primary N) is 1. The summed E-state index contributed by atoms with van der Waals surface area (Å²) in [5.74, 6) is 1.17. The van der Waals surface area contributed by atoms with Crippen molar-refractivity contribution in [1.29, 1.82) is 0 Å². The number of rotatable bonds is 2. The van der Waals surface area contributed by atoms with Crippen molar-refractivity contribution in [3.05, 3.63) is 21.9 Å². The second-order valence-electron chi connectivity index (χ2n) is 3.58. The van der Waals surface area contributed by atoms with Gasteiger partial charge in [-0.15, -0.1) is 5.10 Å². The van der Waals surface area contributed by atoms with E-state index in [1.165, 1.54) is 16.3 Å². The monoisotopic (exact) mass is 385 g/mol. The molecule has 2 N–H and O–H groups in total. The topological polar surface area (TPSA) is 94.9 Å². The molecule has 0 spiro atoms. The van der Waals surface area contributed by atoms with Crippen LogP contribution in [0.2, 0.25) is 0 Å². The van der Waals surface area contributed by atoms with Crippen molar-refractivity contribution in [2.45, 2.75) is 5.16 Å². The number of anilines is 1. The first-order chi connectivity index (χ1) is 9.17. The Balaban J connectivity index is 2.16. The van der Waals surface area contributed by atoms with E-state index in [0.717, 1.165) is 3.57 Å². The zero-order valence-electron chi connectivity index (χ0n) is 9.78. The normalized spacial score (nSPS) is 11.1. The highest BCUT2D eigenvalue weighted by atomic mass is 127. The molecule has 0 saturated carbocycles. The molecule has 0 aliphatic carbocycles. The fourth-order valence-electron chi connectivity index (χ4n) is 1.49. The number of aromatic nitrogens is 6. The number of hydrogen-bond donors (Lipinski definition) is 1. The lowest BCUT2D eigenvalue weighted by atomic mass is 10.3. The highest BCUT2D eigenvalue weighted by Crippen LogP contribution is 2.17. The van der Waals surface area contributed by atoms with E-state index in [9.17, 15) is 0 Å². The number of thioether (sulfide) groups is 1. The summed E-state index contributed by atoms with van der Waals surface area (Å²) in [5.41, 5.74) is 6.50. The van der Waals surface area contributed by atoms with Crippen LogP contribution in [-0.2, 0) is 0 Å². The number of nitrogens with zero attached hydrogens (tertiary/aromatic N) is 6. The van der Waals surface area contributed by atoms with Gasteiger partial charge in [-0.2, -0.15) is 19.5 Å². The second-order valence-corrected chi connectivity index (χ2v) is 5.60. The number of pyridine rings is 1. The van der Waals surface area contributed by atoms with Gasteiger partial charge in [0.25, 0.3) is 5.78 Å². The molecule has 3 aromatic heterocycles. The lowest BCUT2D eigenvalue weighted by Gasteiger charge is -1.97. The van der Waals surface area contributed by atoms with Gasteiger partial charge in [0.2, 0.25) is 11.8 Å². The Morgan fingerprint density at radius 1 is 1.26 bits per heavy atom. The Hall–Kier alpha value is -1.49. The van der Waals surface area contributed by atoms with E-state index in [4.69, 9.17) is 5.73 Å². The van der Waals surface area contributed by atoms with Gasteiger partial charge < -0.3 is 5.73 Å². The number of fused-ring (bicyclic) bond motifs is 1. The van der Waals surface area contributed by atoms with Crippen LogP contribution >= 0.6 is 34.4 Å². The molecular weight excluding hydrogens is 377 g/mol. The number of halogens is 1. The Bertz CT molecular complexity index is 739. The molecule has 19 heavy (non-hydrogen) atoms. The van der Waals surface area contributed by atoms with E-state index in [0.29, 0.717) is 22.5 Å². The third-order valence-electron chi connectivity index (χ3n) is 2.35. The highest BCUT2D eigenvalue weighted by Gasteiger charge is 2.12. The van der Waals surface area contributed by atoms with Crippen LogP contribution in [0, 0.1) is 3.57 Å². The zero-order chi connectivity index (χ0) is 13.4. The minimum absolute atomic E-state index is 0.263. The van der Waals surface area contributed by atoms with E-state index < -0.39 is 0 Å². The summed E-state index contributed by atoms with van der Waals surface area (Å²) in [7, 11) is 0. The van der Waals surface area contributed by atoms with Crippen LogP contribution < -0.4 is 5.73 Å². The summed E-state index contributed by atoms with van der Waals surface area (Å²) in [6, 6.07) is 3.80. The Morgan fingerprint density at radius 3 is 2.79 bits per heavy atom. The SMILES string of the molecule is CSc1nc(N)n2nc(-c3ccc(I)cn3)nc2n1. The maximum Gasteiger partial charge on any atom is 0.258 e. The van der Waals surface area contributed by atoms with Gasteiger partial charge in [-0.05, 0) is 41.0 Å². The molecule has 3 rings (SSSR count). The summed E-state index contributed by atoms with van der Waals surface area (Å²) >= 11 is 3.60. The fraction of sp³-hybridized carbons (Fsp3) is 0.100. The average molecular weight is 385 g/mol. The van der Waals surface area contributed by atoms with Crippen LogP contribution in [0.1, 0.15) is 0 Å². The average Bonchev–Trinajstić information content (AvgIpc) is 2.84. The third kappa shape index (κ3) is 2.34. The molecule has 7 nitrogen and oxygen atoms in total. The molecule has 0 saturated heterocycles. The smallest absolute Gasteiger partial charge is 0.258 e. The number of nitrogen functional groups attached to an aromatic ring is 1. The molecule has 0 atom stereocenters. The van der Waals surface area contributed by atoms with Gasteiger partial charge in [-0.1, -0.05) is 11.8 Å². The van der Waals surface area contributed by atoms with Gasteiger partial charge >= 0.3 is 0 Å². The summed E-state index contributed by atoms with van der Waals surface area (Å²) in [4.78, 5) is 17.0. The van der Waals surface area contributed by atoms with Crippen molar-refractivity contribution in [3.8, 4) is 11.5 Å². The van der Waals surface area contributed by atoms with E-state index in [1.54, 1.807) is 6.20 Å². The first-order valence-corrected chi connectivity index (χ1v) is 7.54. The third-order valence-corrected chi connectivity index (χ3v) is 3.54. The van der Waals surface area contributed by atoms with Gasteiger partial charge in [-0.3, -0.25) is 4.98 Å². The van der Waals surface area contributed by atoms with Crippen LogP contribution in [0.5, 0.6) is 0 Å². The minimum Gasteiger partial charge on any atom is -0.368 e. The van der Waals surface area contributed by atoms with Gasteiger partial charge in [0.05, 0.1) is 0 Å². The Labute approximate surface area is 126 Å². The molecule has 0 bridgehead atoms. The van der Waals surface area contributed by atoms with Crippen LogP contribution in [0.3, 0.4) is 0 Å². The first kappa shape index (κ1) is 12.5. The molecule has 0 aliphatic rings. The van der Waals surface area contributed by atoms with E-state index in [-0.39, 0.29) is 5.95 Å². The van der Waals surface area contributed by atoms with Crippen molar-refractivity contribution < 1.29 is 0 Å². The molecule has 9 heteroatoms. The van der Waals surface area contributed by atoms with Gasteiger partial charge in [0.15, 0.2) is 5.16 Å². The van der Waals surface area contributed by atoms with Crippen LogP contribution in [0.25, 0.3) is 17.3 Å². The summed E-state index contributed by atoms with van der Waals surface area (Å²) < 4.78 is 2.46. The van der Waals surface area contributed by atoms with Gasteiger partial charge in [0, 0.05) is 9.77 Å². The summed E-state index contributed by atoms with van der Waals surface area (Å²) in [6.07, 6.45) is 3.63. The van der Waals surface area contributed by atoms with Crippen LogP contribution in [0.15, 0.2) is 23.5 Å². The van der Waals surface area contributed by atoms with Crippen molar-refractivity contribution in [1.82, 2.24) is 29.5 Å². The van der Waals surface area contributed by atoms with E-state index >= 15 is 0 Å². The molecule has 0 aliphatic heterocycles. The molecular formula is C10H8IN7S. The van der Waals surface area contributed by atoms with Gasteiger partial charge in [0.1, 0.15) is 5.69 Å². The van der Waals surface area contributed by atoms with E-state index in [1.807, 2.05) is 18.4 Å². The van der Waals surface area contributed by atoms with E-state index in [2.05, 4.69) is 47.6 Å². The Kier molecular flexibility index (Phi) is 3.22. The van der Waals surface area contributed by atoms with Crippen LogP contribution in [0.4, 0.5) is 5.95 Å².